The average molecular weight is 447 g/mol. The highest BCUT2D eigenvalue weighted by atomic mass is 32.2. The molecule has 0 aliphatic rings. The highest BCUT2D eigenvalue weighted by molar-refractivity contribution is 7.92. The molecule has 170 valence electrons. The van der Waals surface area contributed by atoms with Gasteiger partial charge in [0, 0.05) is 5.54 Å². The number of nitrogens with zero attached hydrogens (tertiary/aromatic N) is 1. The van der Waals surface area contributed by atoms with Crippen LogP contribution in [0.15, 0.2) is 54.6 Å². The number of carbonyl (C=O) groups is 1. The predicted molar refractivity (Wildman–Crippen MR) is 126 cm³/mol. The van der Waals surface area contributed by atoms with Crippen LogP contribution >= 0.6 is 0 Å². The molecule has 0 saturated carbocycles. The van der Waals surface area contributed by atoms with Crippen LogP contribution in [0, 0.1) is 5.41 Å². The highest BCUT2D eigenvalue weighted by Gasteiger charge is 2.29. The fourth-order valence-corrected chi connectivity index (χ4v) is 4.62. The second kappa shape index (κ2) is 9.73. The molecular formula is C24H34N2O4S. The lowest BCUT2D eigenvalue weighted by atomic mass is 9.82. The van der Waals surface area contributed by atoms with Crippen molar-refractivity contribution in [3.05, 3.63) is 60.2 Å². The largest absolute Gasteiger partial charge is 0.489 e. The van der Waals surface area contributed by atoms with Crippen LogP contribution in [0.3, 0.4) is 0 Å². The summed E-state index contributed by atoms with van der Waals surface area (Å²) in [5.41, 5.74) is 1.04. The standard InChI is InChI=1S/C24H34N2O4S/c1-23(2,3)18-24(4,5)25-22(27)16-26(31(6,28)29)20-12-14-21(15-13-20)30-17-19-10-8-7-9-11-19/h7-15H,16-18H2,1-6H3,(H,25,27). The maximum absolute atomic E-state index is 12.7. The van der Waals surface area contributed by atoms with Crippen molar-refractivity contribution in [1.29, 1.82) is 0 Å². The minimum Gasteiger partial charge on any atom is -0.489 e. The first kappa shape index (κ1) is 24.7. The van der Waals surface area contributed by atoms with E-state index in [2.05, 4.69) is 26.1 Å². The number of sulfonamides is 1. The van der Waals surface area contributed by atoms with E-state index in [1.807, 2.05) is 44.2 Å². The number of nitrogens with one attached hydrogen (secondary N) is 1. The van der Waals surface area contributed by atoms with Crippen molar-refractivity contribution in [2.75, 3.05) is 17.1 Å². The molecule has 0 aromatic heterocycles. The third-order valence-corrected chi connectivity index (χ3v) is 5.65. The second-order valence-electron chi connectivity index (χ2n) is 9.71. The Morgan fingerprint density at radius 1 is 0.968 bits per heavy atom. The molecule has 2 rings (SSSR count). The van der Waals surface area contributed by atoms with Crippen molar-refractivity contribution in [3.63, 3.8) is 0 Å². The summed E-state index contributed by atoms with van der Waals surface area (Å²) >= 11 is 0. The van der Waals surface area contributed by atoms with Gasteiger partial charge in [-0.2, -0.15) is 0 Å². The number of amides is 1. The van der Waals surface area contributed by atoms with E-state index in [1.165, 1.54) is 0 Å². The van der Waals surface area contributed by atoms with Gasteiger partial charge in [-0.1, -0.05) is 51.1 Å². The van der Waals surface area contributed by atoms with Gasteiger partial charge in [0.25, 0.3) is 0 Å². The van der Waals surface area contributed by atoms with Crippen LogP contribution in [-0.2, 0) is 21.4 Å². The summed E-state index contributed by atoms with van der Waals surface area (Å²) in [7, 11) is -3.64. The van der Waals surface area contributed by atoms with Crippen molar-refractivity contribution in [1.82, 2.24) is 5.32 Å². The number of hydrogen-bond acceptors (Lipinski definition) is 4. The molecule has 1 N–H and O–H groups in total. The van der Waals surface area contributed by atoms with Crippen LogP contribution < -0.4 is 14.4 Å². The molecule has 1 amide bonds. The Morgan fingerprint density at radius 2 is 1.55 bits per heavy atom. The van der Waals surface area contributed by atoms with Gasteiger partial charge in [-0.15, -0.1) is 0 Å². The Balaban J connectivity index is 2.07. The third kappa shape index (κ3) is 8.61. The number of benzene rings is 2. The van der Waals surface area contributed by atoms with Crippen molar-refractivity contribution >= 4 is 21.6 Å². The molecule has 6 nitrogen and oxygen atoms in total. The van der Waals surface area contributed by atoms with E-state index in [1.54, 1.807) is 24.3 Å². The van der Waals surface area contributed by atoms with E-state index in [9.17, 15) is 13.2 Å². The summed E-state index contributed by atoms with van der Waals surface area (Å²) in [5, 5.41) is 2.97. The summed E-state index contributed by atoms with van der Waals surface area (Å²) < 4.78 is 31.6. The maximum atomic E-state index is 12.7. The molecule has 0 radical (unpaired) electrons. The monoisotopic (exact) mass is 446 g/mol. The van der Waals surface area contributed by atoms with E-state index in [0.717, 1.165) is 22.5 Å². The molecule has 2 aromatic carbocycles. The van der Waals surface area contributed by atoms with Gasteiger partial charge in [0.15, 0.2) is 0 Å². The zero-order valence-corrected chi connectivity index (χ0v) is 20.1. The number of hydrogen-bond donors (Lipinski definition) is 1. The minimum atomic E-state index is -3.64. The molecule has 0 heterocycles. The van der Waals surface area contributed by atoms with Gasteiger partial charge in [-0.05, 0) is 55.5 Å². The maximum Gasteiger partial charge on any atom is 0.241 e. The molecule has 0 aliphatic heterocycles. The lowest BCUT2D eigenvalue weighted by Crippen LogP contribution is -2.50. The summed E-state index contributed by atoms with van der Waals surface area (Å²) in [5.74, 6) is 0.279. The molecule has 0 saturated heterocycles. The number of rotatable bonds is 9. The molecule has 7 heteroatoms. The summed E-state index contributed by atoms with van der Waals surface area (Å²) in [6, 6.07) is 16.5. The van der Waals surface area contributed by atoms with Crippen molar-refractivity contribution in [3.8, 4) is 5.75 Å². The van der Waals surface area contributed by atoms with Gasteiger partial charge in [0.1, 0.15) is 18.9 Å². The summed E-state index contributed by atoms with van der Waals surface area (Å²) in [4.78, 5) is 12.7. The zero-order valence-electron chi connectivity index (χ0n) is 19.3. The van der Waals surface area contributed by atoms with E-state index in [0.29, 0.717) is 18.0 Å². The van der Waals surface area contributed by atoms with Gasteiger partial charge >= 0.3 is 0 Å². The van der Waals surface area contributed by atoms with Gasteiger partial charge in [0.05, 0.1) is 11.9 Å². The lowest BCUT2D eigenvalue weighted by Gasteiger charge is -2.34. The molecular weight excluding hydrogens is 412 g/mol. The first-order chi connectivity index (χ1) is 14.3. The lowest BCUT2D eigenvalue weighted by molar-refractivity contribution is -0.121. The molecule has 0 unspecified atom stereocenters. The van der Waals surface area contributed by atoms with Crippen LogP contribution in [0.5, 0.6) is 5.75 Å². The average Bonchev–Trinajstić information content (AvgIpc) is 2.62. The Morgan fingerprint density at radius 3 is 2.06 bits per heavy atom. The minimum absolute atomic E-state index is 0.0306. The number of carbonyl (C=O) groups excluding carboxylic acids is 1. The predicted octanol–water partition coefficient (Wildman–Crippen LogP) is 4.36. The van der Waals surface area contributed by atoms with Gasteiger partial charge in [-0.25, -0.2) is 8.42 Å². The van der Waals surface area contributed by atoms with Crippen molar-refractivity contribution in [2.24, 2.45) is 5.41 Å². The van der Waals surface area contributed by atoms with Gasteiger partial charge < -0.3 is 10.1 Å². The normalized spacial score (nSPS) is 12.3. The van der Waals surface area contributed by atoms with Crippen LogP contribution in [-0.4, -0.2) is 32.7 Å². The van der Waals surface area contributed by atoms with Crippen molar-refractivity contribution in [2.45, 2.75) is 53.2 Å². The quantitative estimate of drug-likeness (QED) is 0.621. The molecule has 0 bridgehead atoms. The van der Waals surface area contributed by atoms with Crippen molar-refractivity contribution < 1.29 is 17.9 Å². The van der Waals surface area contributed by atoms with E-state index < -0.39 is 15.6 Å². The Bertz CT molecular complexity index is 963. The third-order valence-electron chi connectivity index (χ3n) is 4.51. The van der Waals surface area contributed by atoms with Crippen LogP contribution in [0.4, 0.5) is 5.69 Å². The Kier molecular flexibility index (Phi) is 7.76. The Labute approximate surface area is 186 Å². The van der Waals surface area contributed by atoms with Crippen LogP contribution in [0.25, 0.3) is 0 Å². The van der Waals surface area contributed by atoms with E-state index >= 15 is 0 Å². The van der Waals surface area contributed by atoms with Gasteiger partial charge in [-0.3, -0.25) is 9.10 Å². The fraction of sp³-hybridized carbons (Fsp3) is 0.458. The molecule has 0 fully saturated rings. The SMILES string of the molecule is CC(C)(C)CC(C)(C)NC(=O)CN(c1ccc(OCc2ccccc2)cc1)S(C)(=O)=O. The smallest absolute Gasteiger partial charge is 0.241 e. The van der Waals surface area contributed by atoms with E-state index in [4.69, 9.17) is 4.74 Å². The molecule has 0 spiro atoms. The van der Waals surface area contributed by atoms with Crippen LogP contribution in [0.2, 0.25) is 0 Å². The van der Waals surface area contributed by atoms with Gasteiger partial charge in [0.2, 0.25) is 15.9 Å². The number of anilines is 1. The molecule has 31 heavy (non-hydrogen) atoms. The molecule has 2 aromatic rings. The fourth-order valence-electron chi connectivity index (χ4n) is 3.77. The number of ether oxygens (including phenoxy) is 1. The Hall–Kier alpha value is -2.54. The summed E-state index contributed by atoms with van der Waals surface area (Å²) in [6.07, 6.45) is 1.86. The second-order valence-corrected chi connectivity index (χ2v) is 11.6. The molecule has 0 atom stereocenters. The molecule has 0 aliphatic carbocycles. The topological polar surface area (TPSA) is 75.7 Å². The van der Waals surface area contributed by atoms with E-state index in [-0.39, 0.29) is 17.9 Å². The first-order valence-corrected chi connectivity index (χ1v) is 12.2. The summed E-state index contributed by atoms with van der Waals surface area (Å²) in [6.45, 7) is 10.3. The highest BCUT2D eigenvalue weighted by Crippen LogP contribution is 2.27. The first-order valence-electron chi connectivity index (χ1n) is 10.3. The zero-order chi connectivity index (χ0) is 23.3. The van der Waals surface area contributed by atoms with Crippen LogP contribution in [0.1, 0.15) is 46.6 Å².